The maximum absolute atomic E-state index is 11.6. The van der Waals surface area contributed by atoms with Crippen LogP contribution in [0.3, 0.4) is 0 Å². The van der Waals surface area contributed by atoms with Crippen molar-refractivity contribution in [3.8, 4) is 11.8 Å². The largest absolute Gasteiger partial charge is 0.476 e. The normalized spacial score (nSPS) is 9.68. The van der Waals surface area contributed by atoms with Gasteiger partial charge < -0.3 is 9.47 Å². The summed E-state index contributed by atoms with van der Waals surface area (Å²) in [5.41, 5.74) is -0.490. The number of nitrogens with zero attached hydrogens (tertiary/aromatic N) is 1. The Balaban J connectivity index is 0.00000154. The van der Waals surface area contributed by atoms with Crippen molar-refractivity contribution in [3.63, 3.8) is 0 Å². The summed E-state index contributed by atoms with van der Waals surface area (Å²) >= 11 is 0. The molecular weight excluding hydrogens is 242 g/mol. The van der Waals surface area contributed by atoms with Crippen molar-refractivity contribution in [1.29, 1.82) is 5.26 Å². The summed E-state index contributed by atoms with van der Waals surface area (Å²) in [6, 6.07) is 8.59. The molecule has 0 aromatic heterocycles. The number of carbonyl (C=O) groups excluding carboxylic acids is 1. The number of hydrogen-bond donors (Lipinski definition) is 0. The van der Waals surface area contributed by atoms with Gasteiger partial charge in [-0.15, -0.1) is 0 Å². The topological polar surface area (TPSA) is 59.3 Å². The highest BCUT2D eigenvalue weighted by molar-refractivity contribution is 5.79. The smallest absolute Gasteiger partial charge is 0.349 e. The third kappa shape index (κ3) is 5.43. The van der Waals surface area contributed by atoms with E-state index in [1.54, 1.807) is 45.0 Å². The molecule has 104 valence electrons. The van der Waals surface area contributed by atoms with Crippen LogP contribution in [-0.2, 0) is 9.53 Å². The lowest BCUT2D eigenvalue weighted by Crippen LogP contribution is -2.39. The molecule has 0 saturated heterocycles. The van der Waals surface area contributed by atoms with Gasteiger partial charge in [0, 0.05) is 0 Å². The fraction of sp³-hybridized carbons (Fsp3) is 0.467. The van der Waals surface area contributed by atoms with Gasteiger partial charge in [0.15, 0.2) is 5.60 Å². The maximum atomic E-state index is 11.6. The van der Waals surface area contributed by atoms with Crippen LogP contribution in [0.5, 0.6) is 5.75 Å². The zero-order chi connectivity index (χ0) is 14.9. The molecular formula is C15H21NO3. The summed E-state index contributed by atoms with van der Waals surface area (Å²) < 4.78 is 10.4. The van der Waals surface area contributed by atoms with Crippen molar-refractivity contribution in [2.24, 2.45) is 0 Å². The summed E-state index contributed by atoms with van der Waals surface area (Å²) in [7, 11) is 0. The quantitative estimate of drug-likeness (QED) is 0.782. The third-order valence-electron chi connectivity index (χ3n) is 2.12. The first-order valence-electron chi connectivity index (χ1n) is 6.36. The lowest BCUT2D eigenvalue weighted by molar-refractivity contribution is -0.158. The Bertz CT molecular complexity index is 430. The van der Waals surface area contributed by atoms with E-state index in [1.165, 1.54) is 0 Å². The minimum absolute atomic E-state index is 0.318. The Labute approximate surface area is 115 Å². The van der Waals surface area contributed by atoms with E-state index in [0.29, 0.717) is 17.9 Å². The van der Waals surface area contributed by atoms with Crippen molar-refractivity contribution in [2.75, 3.05) is 6.61 Å². The van der Waals surface area contributed by atoms with Crippen molar-refractivity contribution in [3.05, 3.63) is 29.8 Å². The molecule has 0 spiro atoms. The molecule has 4 nitrogen and oxygen atoms in total. The second-order valence-corrected chi connectivity index (χ2v) is 3.97. The van der Waals surface area contributed by atoms with Gasteiger partial charge in [-0.25, -0.2) is 4.79 Å². The number of ether oxygens (including phenoxy) is 2. The van der Waals surface area contributed by atoms with Crippen molar-refractivity contribution in [1.82, 2.24) is 0 Å². The number of esters is 1. The minimum atomic E-state index is -1.04. The third-order valence-corrected chi connectivity index (χ3v) is 2.12. The van der Waals surface area contributed by atoms with E-state index in [0.717, 1.165) is 0 Å². The monoisotopic (exact) mass is 263 g/mol. The lowest BCUT2D eigenvalue weighted by atomic mass is 10.1. The number of benzene rings is 1. The number of hydrogen-bond acceptors (Lipinski definition) is 4. The van der Waals surface area contributed by atoms with Gasteiger partial charge in [0.05, 0.1) is 18.2 Å². The molecule has 0 saturated carbocycles. The van der Waals surface area contributed by atoms with Crippen molar-refractivity contribution in [2.45, 2.75) is 40.2 Å². The van der Waals surface area contributed by atoms with Crippen LogP contribution in [0.25, 0.3) is 0 Å². The lowest BCUT2D eigenvalue weighted by Gasteiger charge is -2.23. The van der Waals surface area contributed by atoms with Crippen LogP contribution >= 0.6 is 0 Å². The van der Waals surface area contributed by atoms with Crippen LogP contribution < -0.4 is 4.74 Å². The van der Waals surface area contributed by atoms with Crippen molar-refractivity contribution < 1.29 is 14.3 Å². The zero-order valence-corrected chi connectivity index (χ0v) is 12.2. The van der Waals surface area contributed by atoms with E-state index in [4.69, 9.17) is 14.7 Å². The minimum Gasteiger partial charge on any atom is -0.476 e. The Kier molecular flexibility index (Phi) is 7.28. The molecule has 0 unspecified atom stereocenters. The molecule has 4 heteroatoms. The fourth-order valence-electron chi connectivity index (χ4n) is 1.24. The molecule has 1 aromatic carbocycles. The first-order chi connectivity index (χ1) is 8.99. The highest BCUT2D eigenvalue weighted by Gasteiger charge is 2.31. The molecule has 0 aliphatic heterocycles. The van der Waals surface area contributed by atoms with Gasteiger partial charge >= 0.3 is 5.97 Å². The van der Waals surface area contributed by atoms with Gasteiger partial charge in [0.1, 0.15) is 5.75 Å². The maximum Gasteiger partial charge on any atom is 0.349 e. The van der Waals surface area contributed by atoms with E-state index in [9.17, 15) is 4.79 Å². The molecule has 0 amide bonds. The van der Waals surface area contributed by atoms with Gasteiger partial charge in [0.25, 0.3) is 0 Å². The average molecular weight is 263 g/mol. The Hall–Kier alpha value is -2.02. The van der Waals surface area contributed by atoms with Crippen LogP contribution in [0.1, 0.15) is 40.2 Å². The molecule has 0 atom stereocenters. The summed E-state index contributed by atoms with van der Waals surface area (Å²) in [4.78, 5) is 11.6. The number of carbonyl (C=O) groups is 1. The highest BCUT2D eigenvalue weighted by atomic mass is 16.6. The van der Waals surface area contributed by atoms with Crippen LogP contribution in [0.15, 0.2) is 24.3 Å². The van der Waals surface area contributed by atoms with Crippen LogP contribution in [0, 0.1) is 11.3 Å². The summed E-state index contributed by atoms with van der Waals surface area (Å²) in [6.45, 7) is 9.35. The summed E-state index contributed by atoms with van der Waals surface area (Å²) in [6.07, 6.45) is 0. The van der Waals surface area contributed by atoms with Gasteiger partial charge in [-0.1, -0.05) is 13.8 Å². The summed E-state index contributed by atoms with van der Waals surface area (Å²) in [5.74, 6) is 0.117. The second-order valence-electron chi connectivity index (χ2n) is 3.97. The Morgan fingerprint density at radius 3 is 2.21 bits per heavy atom. The van der Waals surface area contributed by atoms with E-state index in [-0.39, 0.29) is 0 Å². The highest BCUT2D eigenvalue weighted by Crippen LogP contribution is 2.19. The van der Waals surface area contributed by atoms with Crippen molar-refractivity contribution >= 4 is 5.97 Å². The van der Waals surface area contributed by atoms with Gasteiger partial charge in [-0.3, -0.25) is 0 Å². The molecule has 0 N–H and O–H groups in total. The Morgan fingerprint density at radius 2 is 1.79 bits per heavy atom. The predicted octanol–water partition coefficient (Wildman–Crippen LogP) is 3.30. The SMILES string of the molecule is CC.CCOC(=O)C(C)(C)Oc1ccc(C#N)cc1. The van der Waals surface area contributed by atoms with Gasteiger partial charge in [0.2, 0.25) is 0 Å². The van der Waals surface area contributed by atoms with Gasteiger partial charge in [-0.2, -0.15) is 5.26 Å². The number of nitriles is 1. The first kappa shape index (κ1) is 17.0. The molecule has 1 rings (SSSR count). The van der Waals surface area contributed by atoms with Crippen LogP contribution in [-0.4, -0.2) is 18.2 Å². The van der Waals surface area contributed by atoms with E-state index < -0.39 is 11.6 Å². The van der Waals surface area contributed by atoms with E-state index in [2.05, 4.69) is 0 Å². The second kappa shape index (κ2) is 8.15. The number of rotatable bonds is 4. The first-order valence-corrected chi connectivity index (χ1v) is 6.36. The standard InChI is InChI=1S/C13H15NO3.C2H6/c1-4-16-12(15)13(2,3)17-11-7-5-10(9-14)6-8-11;1-2/h5-8H,4H2,1-3H3;1-2H3. The molecule has 0 heterocycles. The van der Waals surface area contributed by atoms with E-state index in [1.807, 2.05) is 19.9 Å². The summed E-state index contributed by atoms with van der Waals surface area (Å²) in [5, 5.41) is 8.65. The Morgan fingerprint density at radius 1 is 1.26 bits per heavy atom. The fourth-order valence-corrected chi connectivity index (χ4v) is 1.24. The molecule has 0 radical (unpaired) electrons. The average Bonchev–Trinajstić information content (AvgIpc) is 2.42. The molecule has 0 bridgehead atoms. The van der Waals surface area contributed by atoms with Crippen LogP contribution in [0.4, 0.5) is 0 Å². The molecule has 0 aliphatic rings. The zero-order valence-electron chi connectivity index (χ0n) is 12.2. The van der Waals surface area contributed by atoms with E-state index >= 15 is 0 Å². The molecule has 1 aromatic rings. The molecule has 19 heavy (non-hydrogen) atoms. The molecule has 0 aliphatic carbocycles. The van der Waals surface area contributed by atoms with Gasteiger partial charge in [-0.05, 0) is 45.0 Å². The van der Waals surface area contributed by atoms with Crippen LogP contribution in [0.2, 0.25) is 0 Å². The molecule has 0 fully saturated rings. The predicted molar refractivity (Wildman–Crippen MR) is 73.8 cm³/mol.